The smallest absolute Gasteiger partial charge is 0.341 e. The molecule has 144 valence electrons. The highest BCUT2D eigenvalue weighted by molar-refractivity contribution is 6.91. The average molecular weight is 390 g/mol. The number of para-hydroxylation sites is 3. The number of furan rings is 1. The van der Waals surface area contributed by atoms with Crippen molar-refractivity contribution in [3.63, 3.8) is 0 Å². The van der Waals surface area contributed by atoms with Crippen molar-refractivity contribution in [2.45, 2.75) is 6.92 Å². The van der Waals surface area contributed by atoms with Crippen LogP contribution in [0.2, 0.25) is 0 Å². The predicted molar refractivity (Wildman–Crippen MR) is 124 cm³/mol. The number of hydrogen-bond acceptors (Lipinski definition) is 4. The first-order valence-corrected chi connectivity index (χ1v) is 10.2. The number of aryl methyl sites for hydroxylation is 1. The molecule has 6 heteroatoms. The maximum Gasteiger partial charge on any atom is 0.341 e. The zero-order valence-electron chi connectivity index (χ0n) is 17.0. The zero-order chi connectivity index (χ0) is 20.1. The Hall–Kier alpha value is -3.67. The second-order valence-corrected chi connectivity index (χ2v) is 8.32. The van der Waals surface area contributed by atoms with Crippen molar-refractivity contribution in [1.82, 2.24) is 9.46 Å². The van der Waals surface area contributed by atoms with Gasteiger partial charge in [0.25, 0.3) is 0 Å². The number of imidazole rings is 1. The van der Waals surface area contributed by atoms with Crippen LogP contribution in [0.3, 0.4) is 0 Å². The molecule has 4 heterocycles. The van der Waals surface area contributed by atoms with E-state index >= 15 is 0 Å². The molecular weight excluding hydrogens is 371 g/mol. The minimum absolute atomic E-state index is 0.0176. The second kappa shape index (κ2) is 5.27. The third kappa shape index (κ3) is 1.78. The molecule has 0 spiro atoms. The Morgan fingerprint density at radius 2 is 1.60 bits per heavy atom. The Labute approximate surface area is 174 Å². The number of nitrogens with zero attached hydrogens (tertiary/aromatic N) is 4. The van der Waals surface area contributed by atoms with E-state index in [2.05, 4.69) is 89.9 Å². The van der Waals surface area contributed by atoms with Crippen molar-refractivity contribution in [3.05, 3.63) is 66.2 Å². The first-order chi connectivity index (χ1) is 14.6. The molecule has 0 saturated carbocycles. The van der Waals surface area contributed by atoms with E-state index in [0.717, 1.165) is 33.8 Å². The molecule has 0 bridgehead atoms. The minimum atomic E-state index is 0.0176. The van der Waals surface area contributed by atoms with Gasteiger partial charge in [-0.3, -0.25) is 0 Å². The number of fused-ring (bicyclic) bond motifs is 8. The van der Waals surface area contributed by atoms with Gasteiger partial charge in [0.1, 0.15) is 5.58 Å². The fourth-order valence-electron chi connectivity index (χ4n) is 5.30. The molecule has 3 aromatic carbocycles. The molecule has 0 fully saturated rings. The first kappa shape index (κ1) is 16.2. The van der Waals surface area contributed by atoms with E-state index in [1.807, 2.05) is 6.07 Å². The predicted octanol–water partition coefficient (Wildman–Crippen LogP) is 3.91. The Morgan fingerprint density at radius 3 is 2.47 bits per heavy atom. The summed E-state index contributed by atoms with van der Waals surface area (Å²) < 4.78 is 8.78. The van der Waals surface area contributed by atoms with Crippen LogP contribution >= 0.6 is 0 Å². The molecule has 5 nitrogen and oxygen atoms in total. The van der Waals surface area contributed by atoms with Crippen LogP contribution in [0, 0.1) is 6.92 Å². The lowest BCUT2D eigenvalue weighted by Gasteiger charge is -2.39. The summed E-state index contributed by atoms with van der Waals surface area (Å²) in [7, 11) is 4.22. The van der Waals surface area contributed by atoms with E-state index in [1.165, 1.54) is 27.9 Å². The molecule has 0 unspecified atom stereocenters. The van der Waals surface area contributed by atoms with Gasteiger partial charge in [0.2, 0.25) is 0 Å². The van der Waals surface area contributed by atoms with Crippen molar-refractivity contribution in [1.29, 1.82) is 0 Å². The van der Waals surface area contributed by atoms with Crippen LogP contribution < -0.4 is 20.7 Å². The van der Waals surface area contributed by atoms with Gasteiger partial charge in [-0.25, -0.2) is 4.98 Å². The van der Waals surface area contributed by atoms with Gasteiger partial charge in [0.15, 0.2) is 11.8 Å². The molecule has 0 atom stereocenters. The first-order valence-electron chi connectivity index (χ1n) is 10.2. The summed E-state index contributed by atoms with van der Waals surface area (Å²) in [5.41, 5.74) is 9.22. The summed E-state index contributed by atoms with van der Waals surface area (Å²) in [6.45, 7) is 2.17. The molecule has 0 saturated heterocycles. The van der Waals surface area contributed by atoms with E-state index in [1.54, 1.807) is 0 Å². The Kier molecular flexibility index (Phi) is 2.84. The fraction of sp³-hybridized carbons (Fsp3) is 0.125. The lowest BCUT2D eigenvalue weighted by molar-refractivity contribution is 0.617. The van der Waals surface area contributed by atoms with Crippen molar-refractivity contribution in [3.8, 4) is 0 Å². The third-order valence-corrected chi connectivity index (χ3v) is 6.60. The molecule has 0 radical (unpaired) electrons. The van der Waals surface area contributed by atoms with Crippen LogP contribution in [0.1, 0.15) is 5.56 Å². The van der Waals surface area contributed by atoms with E-state index in [0.29, 0.717) is 0 Å². The van der Waals surface area contributed by atoms with Crippen LogP contribution in [-0.4, -0.2) is 30.4 Å². The normalized spacial score (nSPS) is 14.3. The third-order valence-electron chi connectivity index (χ3n) is 6.60. The van der Waals surface area contributed by atoms with E-state index < -0.39 is 0 Å². The lowest BCUT2D eigenvalue weighted by Crippen LogP contribution is -2.58. The van der Waals surface area contributed by atoms with Gasteiger partial charge in [-0.1, -0.05) is 30.3 Å². The number of aromatic nitrogens is 2. The largest absolute Gasteiger partial charge is 0.441 e. The molecule has 0 N–H and O–H groups in total. The molecular formula is C24H19BN4O. The summed E-state index contributed by atoms with van der Waals surface area (Å²) in [5.74, 6) is 1.88. The van der Waals surface area contributed by atoms with Crippen LogP contribution in [0.4, 0.5) is 23.2 Å². The highest BCUT2D eigenvalue weighted by Crippen LogP contribution is 2.41. The number of anilines is 4. The monoisotopic (exact) mass is 390 g/mol. The fourth-order valence-corrected chi connectivity index (χ4v) is 5.30. The highest BCUT2D eigenvalue weighted by Gasteiger charge is 2.45. The highest BCUT2D eigenvalue weighted by atomic mass is 16.4. The Balaban J connectivity index is 1.69. The molecule has 0 aliphatic carbocycles. The summed E-state index contributed by atoms with van der Waals surface area (Å²) in [6, 6.07) is 21.3. The SMILES string of the molecule is Cc1cc2c3c(c1)N(C)c1nc4ccccc4n1B3c1c(oc3ccccc13)N2C. The number of hydrogen-bond donors (Lipinski definition) is 0. The Morgan fingerprint density at radius 1 is 0.867 bits per heavy atom. The quantitative estimate of drug-likeness (QED) is 0.376. The van der Waals surface area contributed by atoms with Gasteiger partial charge >= 0.3 is 6.85 Å². The summed E-state index contributed by atoms with van der Waals surface area (Å²) in [5, 5.41) is 1.16. The van der Waals surface area contributed by atoms with Crippen LogP contribution in [0.5, 0.6) is 0 Å². The van der Waals surface area contributed by atoms with Gasteiger partial charge in [-0.15, -0.1) is 0 Å². The van der Waals surface area contributed by atoms with Gasteiger partial charge in [0.05, 0.1) is 11.0 Å². The number of benzene rings is 3. The van der Waals surface area contributed by atoms with Crippen LogP contribution in [0.15, 0.2) is 65.1 Å². The van der Waals surface area contributed by atoms with Gasteiger partial charge < -0.3 is 18.7 Å². The van der Waals surface area contributed by atoms with Crippen molar-refractivity contribution in [2.75, 3.05) is 23.9 Å². The van der Waals surface area contributed by atoms with Gasteiger partial charge in [-0.05, 0) is 48.3 Å². The summed E-state index contributed by atoms with van der Waals surface area (Å²) >= 11 is 0. The maximum atomic E-state index is 6.40. The van der Waals surface area contributed by atoms with E-state index in [9.17, 15) is 0 Å². The van der Waals surface area contributed by atoms with Crippen molar-refractivity contribution >= 4 is 63.0 Å². The average Bonchev–Trinajstić information content (AvgIpc) is 3.33. The summed E-state index contributed by atoms with van der Waals surface area (Å²) in [6.07, 6.45) is 0. The lowest BCUT2D eigenvalue weighted by atomic mass is 9.46. The van der Waals surface area contributed by atoms with E-state index in [4.69, 9.17) is 9.40 Å². The molecule has 2 aliphatic heterocycles. The van der Waals surface area contributed by atoms with Crippen LogP contribution in [0.25, 0.3) is 22.0 Å². The topological polar surface area (TPSA) is 37.4 Å². The number of rotatable bonds is 0. The second-order valence-electron chi connectivity index (χ2n) is 8.32. The molecule has 30 heavy (non-hydrogen) atoms. The van der Waals surface area contributed by atoms with Crippen molar-refractivity contribution < 1.29 is 4.42 Å². The van der Waals surface area contributed by atoms with E-state index in [-0.39, 0.29) is 6.85 Å². The van der Waals surface area contributed by atoms with Crippen molar-refractivity contribution in [2.24, 2.45) is 0 Å². The molecule has 2 aromatic heterocycles. The molecule has 7 rings (SSSR count). The van der Waals surface area contributed by atoms with Gasteiger partial charge in [0, 0.05) is 36.3 Å². The Bertz CT molecular complexity index is 1410. The van der Waals surface area contributed by atoms with Crippen LogP contribution in [-0.2, 0) is 0 Å². The minimum Gasteiger partial charge on any atom is -0.441 e. The van der Waals surface area contributed by atoms with Gasteiger partial charge in [-0.2, -0.15) is 0 Å². The standard InChI is InChI=1S/C24H19BN4O/c1-14-12-18-22-19(13-14)28(3)24-26-16-9-5-6-10-17(16)29(24)25(22)21-15-8-4-7-11-20(15)30-23(21)27(18)2/h4-13H,1-3H3. The molecule has 0 amide bonds. The maximum absolute atomic E-state index is 6.40. The molecule has 5 aromatic rings. The summed E-state index contributed by atoms with van der Waals surface area (Å²) in [4.78, 5) is 9.45. The molecule has 2 aliphatic rings. The zero-order valence-corrected chi connectivity index (χ0v) is 17.0.